The summed E-state index contributed by atoms with van der Waals surface area (Å²) < 4.78 is 5.37. The molecular weight excluding hydrogens is 416 g/mol. The Balaban J connectivity index is 1.49. The number of hydrogen-bond acceptors (Lipinski definition) is 5. The van der Waals surface area contributed by atoms with Crippen molar-refractivity contribution in [2.45, 2.75) is 0 Å². The topological polar surface area (TPSA) is 73.9 Å². The van der Waals surface area contributed by atoms with Crippen molar-refractivity contribution < 1.29 is 14.3 Å². The zero-order chi connectivity index (χ0) is 23.2. The summed E-state index contributed by atoms with van der Waals surface area (Å²) in [6, 6.07) is 18.9. The van der Waals surface area contributed by atoms with Gasteiger partial charge >= 0.3 is 0 Å². The lowest BCUT2D eigenvalue weighted by atomic mass is 10.0. The molecule has 0 unspecified atom stereocenters. The summed E-state index contributed by atoms with van der Waals surface area (Å²) in [6.07, 6.45) is 0. The van der Waals surface area contributed by atoms with Gasteiger partial charge in [-0.2, -0.15) is 0 Å². The van der Waals surface area contributed by atoms with Crippen LogP contribution in [0.1, 0.15) is 20.7 Å². The van der Waals surface area contributed by atoms with E-state index >= 15 is 0 Å². The van der Waals surface area contributed by atoms with E-state index in [0.29, 0.717) is 23.4 Å². The van der Waals surface area contributed by atoms with E-state index in [1.807, 2.05) is 73.6 Å². The van der Waals surface area contributed by atoms with Crippen molar-refractivity contribution in [2.75, 3.05) is 63.7 Å². The van der Waals surface area contributed by atoms with E-state index in [0.717, 1.165) is 49.3 Å². The van der Waals surface area contributed by atoms with Gasteiger partial charge in [0.2, 0.25) is 0 Å². The summed E-state index contributed by atoms with van der Waals surface area (Å²) in [6.45, 7) is 4.57. The molecular formula is C26H30N4O3. The summed E-state index contributed by atoms with van der Waals surface area (Å²) in [4.78, 5) is 30.2. The minimum Gasteiger partial charge on any atom is -0.379 e. The second kappa shape index (κ2) is 10.5. The molecule has 0 aromatic heterocycles. The fraction of sp³-hybridized carbons (Fsp3) is 0.308. The van der Waals surface area contributed by atoms with Gasteiger partial charge in [-0.1, -0.05) is 36.4 Å². The molecule has 1 heterocycles. The SMILES string of the molecule is CN(C)c1ccc(NC(=O)c2cccc3ccccc23)cc1C(=O)NCCN1CCOCC1. The third kappa shape index (κ3) is 5.50. The quantitative estimate of drug-likeness (QED) is 0.583. The van der Waals surface area contributed by atoms with Crippen LogP contribution in [0.2, 0.25) is 0 Å². The maximum Gasteiger partial charge on any atom is 0.256 e. The molecule has 0 spiro atoms. The van der Waals surface area contributed by atoms with Crippen molar-refractivity contribution >= 4 is 34.0 Å². The van der Waals surface area contributed by atoms with Crippen LogP contribution in [0.5, 0.6) is 0 Å². The Morgan fingerprint density at radius 2 is 1.70 bits per heavy atom. The van der Waals surface area contributed by atoms with E-state index in [1.165, 1.54) is 0 Å². The van der Waals surface area contributed by atoms with Crippen LogP contribution in [-0.4, -0.2) is 70.2 Å². The summed E-state index contributed by atoms with van der Waals surface area (Å²) in [5.41, 5.74) is 2.50. The number of morpholine rings is 1. The average Bonchev–Trinajstić information content (AvgIpc) is 2.84. The number of ether oxygens (including phenoxy) is 1. The molecule has 0 bridgehead atoms. The molecule has 1 saturated heterocycles. The van der Waals surface area contributed by atoms with Crippen LogP contribution in [0.4, 0.5) is 11.4 Å². The van der Waals surface area contributed by atoms with Gasteiger partial charge < -0.3 is 20.3 Å². The molecule has 3 aromatic rings. The van der Waals surface area contributed by atoms with Crippen molar-refractivity contribution in [3.63, 3.8) is 0 Å². The zero-order valence-electron chi connectivity index (χ0n) is 19.1. The lowest BCUT2D eigenvalue weighted by molar-refractivity contribution is 0.0383. The summed E-state index contributed by atoms with van der Waals surface area (Å²) in [5.74, 6) is -0.365. The summed E-state index contributed by atoms with van der Waals surface area (Å²) in [5, 5.41) is 7.88. The van der Waals surface area contributed by atoms with Gasteiger partial charge in [-0.15, -0.1) is 0 Å². The van der Waals surface area contributed by atoms with Crippen molar-refractivity contribution in [2.24, 2.45) is 0 Å². The molecule has 2 amide bonds. The lowest BCUT2D eigenvalue weighted by Gasteiger charge is -2.26. The molecule has 4 rings (SSSR count). The third-order valence-corrected chi connectivity index (χ3v) is 5.83. The number of benzene rings is 3. The Morgan fingerprint density at radius 1 is 0.939 bits per heavy atom. The molecule has 2 N–H and O–H groups in total. The number of nitrogens with zero attached hydrogens (tertiary/aromatic N) is 2. The summed E-state index contributed by atoms with van der Waals surface area (Å²) in [7, 11) is 3.79. The van der Waals surface area contributed by atoms with E-state index in [4.69, 9.17) is 4.74 Å². The van der Waals surface area contributed by atoms with E-state index < -0.39 is 0 Å². The van der Waals surface area contributed by atoms with Crippen molar-refractivity contribution in [1.82, 2.24) is 10.2 Å². The van der Waals surface area contributed by atoms with Crippen LogP contribution >= 0.6 is 0 Å². The Bertz CT molecular complexity index is 1130. The van der Waals surface area contributed by atoms with E-state index in [-0.39, 0.29) is 11.8 Å². The Hall–Kier alpha value is -3.42. The second-order valence-corrected chi connectivity index (χ2v) is 8.32. The number of fused-ring (bicyclic) bond motifs is 1. The van der Waals surface area contributed by atoms with Gasteiger partial charge in [0.15, 0.2) is 0 Å². The lowest BCUT2D eigenvalue weighted by Crippen LogP contribution is -2.41. The number of anilines is 2. The van der Waals surface area contributed by atoms with Gasteiger partial charge in [0.25, 0.3) is 11.8 Å². The summed E-state index contributed by atoms with van der Waals surface area (Å²) >= 11 is 0. The molecule has 0 radical (unpaired) electrons. The van der Waals surface area contributed by atoms with Crippen LogP contribution in [0.3, 0.4) is 0 Å². The van der Waals surface area contributed by atoms with E-state index in [2.05, 4.69) is 15.5 Å². The van der Waals surface area contributed by atoms with Gasteiger partial charge in [-0.3, -0.25) is 14.5 Å². The molecule has 7 heteroatoms. The number of nitrogens with one attached hydrogen (secondary N) is 2. The normalized spacial score (nSPS) is 14.1. The second-order valence-electron chi connectivity index (χ2n) is 8.32. The van der Waals surface area contributed by atoms with Gasteiger partial charge in [0.05, 0.1) is 18.8 Å². The van der Waals surface area contributed by atoms with Crippen molar-refractivity contribution in [1.29, 1.82) is 0 Å². The molecule has 172 valence electrons. The fourth-order valence-corrected chi connectivity index (χ4v) is 4.06. The van der Waals surface area contributed by atoms with Crippen molar-refractivity contribution in [3.8, 4) is 0 Å². The minimum absolute atomic E-state index is 0.159. The van der Waals surface area contributed by atoms with E-state index in [1.54, 1.807) is 6.07 Å². The molecule has 0 aliphatic carbocycles. The highest BCUT2D eigenvalue weighted by Gasteiger charge is 2.17. The molecule has 1 aliphatic heterocycles. The third-order valence-electron chi connectivity index (χ3n) is 5.83. The Labute approximate surface area is 194 Å². The highest BCUT2D eigenvalue weighted by molar-refractivity contribution is 6.13. The largest absolute Gasteiger partial charge is 0.379 e. The first kappa shape index (κ1) is 22.8. The van der Waals surface area contributed by atoms with Crippen LogP contribution in [0, 0.1) is 0 Å². The Kier molecular flexibility index (Phi) is 7.22. The smallest absolute Gasteiger partial charge is 0.256 e. The molecule has 0 atom stereocenters. The van der Waals surface area contributed by atoms with Gasteiger partial charge in [-0.25, -0.2) is 0 Å². The Morgan fingerprint density at radius 3 is 2.48 bits per heavy atom. The van der Waals surface area contributed by atoms with Crippen molar-refractivity contribution in [3.05, 3.63) is 71.8 Å². The number of carbonyl (C=O) groups is 2. The number of rotatable bonds is 7. The highest BCUT2D eigenvalue weighted by Crippen LogP contribution is 2.25. The monoisotopic (exact) mass is 446 g/mol. The molecule has 1 aliphatic rings. The van der Waals surface area contributed by atoms with Gasteiger partial charge in [-0.05, 0) is 35.0 Å². The number of carbonyl (C=O) groups excluding carboxylic acids is 2. The number of amides is 2. The molecule has 3 aromatic carbocycles. The molecule has 0 saturated carbocycles. The highest BCUT2D eigenvalue weighted by atomic mass is 16.5. The zero-order valence-corrected chi connectivity index (χ0v) is 19.1. The fourth-order valence-electron chi connectivity index (χ4n) is 4.06. The average molecular weight is 447 g/mol. The van der Waals surface area contributed by atoms with E-state index in [9.17, 15) is 9.59 Å². The first-order valence-corrected chi connectivity index (χ1v) is 11.2. The predicted molar refractivity (Wildman–Crippen MR) is 132 cm³/mol. The van der Waals surface area contributed by atoms with Gasteiger partial charge in [0.1, 0.15) is 0 Å². The maximum absolute atomic E-state index is 13.0. The maximum atomic E-state index is 13.0. The van der Waals surface area contributed by atoms with Crippen LogP contribution in [0.15, 0.2) is 60.7 Å². The first-order chi connectivity index (χ1) is 16.0. The van der Waals surface area contributed by atoms with Crippen LogP contribution < -0.4 is 15.5 Å². The molecule has 7 nitrogen and oxygen atoms in total. The minimum atomic E-state index is -0.205. The van der Waals surface area contributed by atoms with Crippen LogP contribution in [-0.2, 0) is 4.74 Å². The number of hydrogen-bond donors (Lipinski definition) is 2. The first-order valence-electron chi connectivity index (χ1n) is 11.2. The molecule has 1 fully saturated rings. The predicted octanol–water partition coefficient (Wildman–Crippen LogP) is 3.22. The standard InChI is InChI=1S/C26H30N4O3/c1-29(2)24-11-10-20(18-23(24)25(31)27-12-13-30-14-16-33-17-15-30)28-26(32)22-9-5-7-19-6-3-4-8-21(19)22/h3-11,18H,12-17H2,1-2H3,(H,27,31)(H,28,32). The van der Waals surface area contributed by atoms with Crippen LogP contribution in [0.25, 0.3) is 10.8 Å². The van der Waals surface area contributed by atoms with Gasteiger partial charge in [0, 0.05) is 57.2 Å². The molecule has 33 heavy (non-hydrogen) atoms.